The van der Waals surface area contributed by atoms with Crippen molar-refractivity contribution in [1.29, 1.82) is 0 Å². The molecule has 0 saturated carbocycles. The van der Waals surface area contributed by atoms with Crippen molar-refractivity contribution in [2.75, 3.05) is 0 Å². The van der Waals surface area contributed by atoms with E-state index in [4.69, 9.17) is 23.2 Å². The van der Waals surface area contributed by atoms with E-state index in [0.717, 1.165) is 11.8 Å². The molecule has 0 bridgehead atoms. The lowest BCUT2D eigenvalue weighted by Gasteiger charge is -2.16. The number of carbonyl (C=O) groups is 1. The molecule has 0 saturated heterocycles. The number of sulfonamides is 1. The number of tetrazole rings is 1. The summed E-state index contributed by atoms with van der Waals surface area (Å²) in [6.07, 6.45) is 1.42. The molecule has 1 aromatic heterocycles. The van der Waals surface area contributed by atoms with Crippen LogP contribution in [0.15, 0.2) is 67.9 Å². The fourth-order valence-corrected chi connectivity index (χ4v) is 4.88. The van der Waals surface area contributed by atoms with Gasteiger partial charge in [-0.2, -0.15) is 12.8 Å². The first-order valence-corrected chi connectivity index (χ1v) is 11.3. The summed E-state index contributed by atoms with van der Waals surface area (Å²) in [6, 6.07) is 10.6. The first-order chi connectivity index (χ1) is 14.3. The minimum atomic E-state index is -4.12. The summed E-state index contributed by atoms with van der Waals surface area (Å²) in [5, 5.41) is 11.8. The Kier molecular flexibility index (Phi) is 5.49. The van der Waals surface area contributed by atoms with Gasteiger partial charge in [-0.15, -0.1) is 5.10 Å². The van der Waals surface area contributed by atoms with Gasteiger partial charge in [-0.05, 0) is 46.5 Å². The van der Waals surface area contributed by atoms with Gasteiger partial charge in [-0.3, -0.25) is 4.79 Å². The van der Waals surface area contributed by atoms with Gasteiger partial charge in [-0.1, -0.05) is 47.5 Å². The van der Waals surface area contributed by atoms with Crippen molar-refractivity contribution in [2.24, 2.45) is 11.4 Å². The molecule has 12 heteroatoms. The maximum atomic E-state index is 12.9. The second-order valence-corrected chi connectivity index (χ2v) is 9.53. The molecular weight excluding hydrogens is 469 g/mol. The van der Waals surface area contributed by atoms with Gasteiger partial charge in [0.25, 0.3) is 10.0 Å². The zero-order valence-electron chi connectivity index (χ0n) is 15.2. The number of carbonyl (C=O) groups excluding carboxylic acids is 1. The lowest BCUT2D eigenvalue weighted by molar-refractivity contribution is 0.104. The molecule has 4 rings (SSSR count). The molecule has 8 nitrogen and oxygen atoms in total. The van der Waals surface area contributed by atoms with Gasteiger partial charge in [0, 0.05) is 18.2 Å². The molecule has 0 radical (unpaired) electrons. The van der Waals surface area contributed by atoms with Crippen LogP contribution in [0.1, 0.15) is 15.9 Å². The Bertz CT molecular complexity index is 1350. The number of thioether (sulfide) groups is 1. The Morgan fingerprint density at radius 2 is 1.80 bits per heavy atom. The summed E-state index contributed by atoms with van der Waals surface area (Å²) in [4.78, 5) is 13.0. The smallest absolute Gasteiger partial charge is 0.282 e. The van der Waals surface area contributed by atoms with Gasteiger partial charge in [0.05, 0.1) is 25.6 Å². The van der Waals surface area contributed by atoms with E-state index in [1.54, 1.807) is 31.3 Å². The van der Waals surface area contributed by atoms with E-state index < -0.39 is 10.0 Å². The lowest BCUT2D eigenvalue weighted by Crippen LogP contribution is -2.17. The number of aromatic nitrogens is 4. The summed E-state index contributed by atoms with van der Waals surface area (Å²) < 4.78 is 31.2. The summed E-state index contributed by atoms with van der Waals surface area (Å²) >= 11 is 12.9. The molecule has 1 heterocycles. The van der Waals surface area contributed by atoms with E-state index in [9.17, 15) is 13.2 Å². The topological polar surface area (TPSA) is 107 Å². The van der Waals surface area contributed by atoms with Crippen LogP contribution in [0.4, 0.5) is 0 Å². The zero-order valence-corrected chi connectivity index (χ0v) is 18.3. The number of benzene rings is 2. The van der Waals surface area contributed by atoms with E-state index in [2.05, 4.69) is 19.9 Å². The molecule has 0 aliphatic heterocycles. The quantitative estimate of drug-likeness (QED) is 0.562. The first-order valence-electron chi connectivity index (χ1n) is 8.32. The SMILES string of the molecule is Cn1nnnc1SC1=C/C(=N/S(=O)(=O)c2ccc(Cl)c(Cl)c2)c2ccccc2C1=O. The average Bonchev–Trinajstić information content (AvgIpc) is 3.12. The van der Waals surface area contributed by atoms with Crippen LogP contribution in [0, 0.1) is 0 Å². The summed E-state index contributed by atoms with van der Waals surface area (Å²) in [7, 11) is -2.49. The number of allylic oxidation sites excluding steroid dienone is 2. The van der Waals surface area contributed by atoms with Crippen molar-refractivity contribution in [2.45, 2.75) is 10.1 Å². The molecule has 0 fully saturated rings. The van der Waals surface area contributed by atoms with Crippen molar-refractivity contribution >= 4 is 56.5 Å². The van der Waals surface area contributed by atoms with Crippen LogP contribution in [-0.4, -0.2) is 40.1 Å². The Morgan fingerprint density at radius 3 is 2.47 bits per heavy atom. The van der Waals surface area contributed by atoms with E-state index in [1.807, 2.05) is 0 Å². The first kappa shape index (κ1) is 20.7. The Hall–Kier alpha value is -2.53. The summed E-state index contributed by atoms with van der Waals surface area (Å²) in [5.74, 6) is -0.274. The molecule has 0 unspecified atom stereocenters. The van der Waals surface area contributed by atoms with Crippen LogP contribution < -0.4 is 0 Å². The standard InChI is InChI=1S/C18H11Cl2N5O3S2/c1-25-18(21-23-24-25)29-16-9-15(11-4-2-3-5-12(11)17(16)26)22-30(27,28)10-6-7-13(19)14(20)8-10/h2-9H,1H3/b22-15-. The third-order valence-electron chi connectivity index (χ3n) is 4.13. The molecule has 1 aliphatic rings. The predicted octanol–water partition coefficient (Wildman–Crippen LogP) is 3.57. The van der Waals surface area contributed by atoms with Crippen molar-refractivity contribution in [3.63, 3.8) is 0 Å². The van der Waals surface area contributed by atoms with Crippen LogP contribution in [0.5, 0.6) is 0 Å². The van der Waals surface area contributed by atoms with Crippen LogP contribution >= 0.6 is 35.0 Å². The van der Waals surface area contributed by atoms with Gasteiger partial charge in [0.15, 0.2) is 0 Å². The molecule has 0 spiro atoms. The molecule has 2 aromatic carbocycles. The van der Waals surface area contributed by atoms with Crippen LogP contribution in [-0.2, 0) is 17.1 Å². The second kappa shape index (κ2) is 7.95. The maximum absolute atomic E-state index is 12.9. The van der Waals surface area contributed by atoms with Gasteiger partial charge in [0.2, 0.25) is 10.9 Å². The van der Waals surface area contributed by atoms with Crippen LogP contribution in [0.3, 0.4) is 0 Å². The van der Waals surface area contributed by atoms with Gasteiger partial charge in [-0.25, -0.2) is 4.68 Å². The van der Waals surface area contributed by atoms with Crippen molar-refractivity contribution in [3.8, 4) is 0 Å². The second-order valence-electron chi connectivity index (χ2n) is 6.10. The maximum Gasteiger partial charge on any atom is 0.282 e. The highest BCUT2D eigenvalue weighted by atomic mass is 35.5. The Morgan fingerprint density at radius 1 is 1.07 bits per heavy atom. The Balaban J connectivity index is 1.84. The fourth-order valence-electron chi connectivity index (χ4n) is 2.68. The number of fused-ring (bicyclic) bond motifs is 1. The number of ketones is 1. The van der Waals surface area contributed by atoms with Crippen molar-refractivity contribution < 1.29 is 13.2 Å². The Labute approximate surface area is 185 Å². The summed E-state index contributed by atoms with van der Waals surface area (Å²) in [6.45, 7) is 0. The van der Waals surface area contributed by atoms with E-state index in [-0.39, 0.29) is 31.3 Å². The highest BCUT2D eigenvalue weighted by molar-refractivity contribution is 8.04. The number of halogens is 2. The minimum Gasteiger partial charge on any atom is -0.288 e. The van der Waals surface area contributed by atoms with E-state index >= 15 is 0 Å². The van der Waals surface area contributed by atoms with E-state index in [0.29, 0.717) is 16.3 Å². The molecular formula is C18H11Cl2N5O3S2. The minimum absolute atomic E-state index is 0.0960. The monoisotopic (exact) mass is 479 g/mol. The number of Topliss-reactive ketones (excluding diaryl/α,β-unsaturated/α-hetero) is 1. The number of aryl methyl sites for hydroxylation is 1. The van der Waals surface area contributed by atoms with Crippen LogP contribution in [0.25, 0.3) is 0 Å². The van der Waals surface area contributed by atoms with Crippen molar-refractivity contribution in [3.05, 3.63) is 74.6 Å². The molecule has 0 atom stereocenters. The number of hydrogen-bond acceptors (Lipinski definition) is 7. The molecule has 30 heavy (non-hydrogen) atoms. The highest BCUT2D eigenvalue weighted by Crippen LogP contribution is 2.33. The van der Waals surface area contributed by atoms with Crippen LogP contribution in [0.2, 0.25) is 10.0 Å². The van der Waals surface area contributed by atoms with E-state index in [1.165, 1.54) is 29.0 Å². The van der Waals surface area contributed by atoms with Gasteiger partial charge < -0.3 is 0 Å². The molecule has 152 valence electrons. The normalized spacial score (nSPS) is 15.2. The molecule has 3 aromatic rings. The number of hydrogen-bond donors (Lipinski definition) is 0. The van der Waals surface area contributed by atoms with Gasteiger partial charge >= 0.3 is 0 Å². The summed E-state index contributed by atoms with van der Waals surface area (Å²) in [5.41, 5.74) is 0.862. The highest BCUT2D eigenvalue weighted by Gasteiger charge is 2.28. The zero-order chi connectivity index (χ0) is 21.5. The average molecular weight is 480 g/mol. The lowest BCUT2D eigenvalue weighted by atomic mass is 9.94. The van der Waals surface area contributed by atoms with Crippen molar-refractivity contribution in [1.82, 2.24) is 20.2 Å². The third-order valence-corrected chi connectivity index (χ3v) is 7.21. The van der Waals surface area contributed by atoms with Gasteiger partial charge in [0.1, 0.15) is 0 Å². The number of nitrogens with zero attached hydrogens (tertiary/aromatic N) is 5. The third kappa shape index (κ3) is 3.91. The fraction of sp³-hybridized carbons (Fsp3) is 0.0556. The largest absolute Gasteiger partial charge is 0.288 e. The molecule has 0 N–H and O–H groups in total. The molecule has 0 amide bonds. The number of rotatable bonds is 4. The molecule has 1 aliphatic carbocycles. The predicted molar refractivity (Wildman–Crippen MR) is 114 cm³/mol.